The van der Waals surface area contributed by atoms with Crippen LogP contribution in [0.2, 0.25) is 0 Å². The number of benzene rings is 2. The van der Waals surface area contributed by atoms with Crippen molar-refractivity contribution in [3.63, 3.8) is 0 Å². The number of hydrogen-bond donors (Lipinski definition) is 2. The minimum atomic E-state index is -4.54. The molecule has 1 aromatic heterocycles. The van der Waals surface area contributed by atoms with Gasteiger partial charge in [-0.05, 0) is 60.2 Å². The second kappa shape index (κ2) is 11.1. The van der Waals surface area contributed by atoms with E-state index >= 15 is 0 Å². The molecule has 0 aliphatic heterocycles. The van der Waals surface area contributed by atoms with Gasteiger partial charge in [0.2, 0.25) is 0 Å². The van der Waals surface area contributed by atoms with Crippen LogP contribution in [0, 0.1) is 5.82 Å². The summed E-state index contributed by atoms with van der Waals surface area (Å²) >= 11 is 0. The number of carboxylic acid groups (broad SMARTS) is 1. The van der Waals surface area contributed by atoms with E-state index in [1.165, 1.54) is 18.2 Å². The SMILES string of the molecule is NOC(CC/C=C(\c1cccc(C(F)(F)F)c1)C(Cc1ccc(F)cc1)n1ccnc1)C(=O)O. The lowest BCUT2D eigenvalue weighted by Crippen LogP contribution is -2.26. The number of nitrogens with two attached hydrogens (primary N) is 1. The van der Waals surface area contributed by atoms with Crippen molar-refractivity contribution in [2.24, 2.45) is 5.90 Å². The van der Waals surface area contributed by atoms with Crippen LogP contribution in [-0.4, -0.2) is 26.7 Å². The molecule has 3 N–H and O–H groups in total. The fourth-order valence-corrected chi connectivity index (χ4v) is 3.63. The summed E-state index contributed by atoms with van der Waals surface area (Å²) in [6.45, 7) is 0. The van der Waals surface area contributed by atoms with Crippen LogP contribution in [0.25, 0.3) is 5.57 Å². The van der Waals surface area contributed by atoms with Crippen molar-refractivity contribution >= 4 is 11.5 Å². The first-order valence-electron chi connectivity index (χ1n) is 10.4. The molecule has 0 saturated carbocycles. The van der Waals surface area contributed by atoms with Gasteiger partial charge in [-0.15, -0.1) is 0 Å². The number of allylic oxidation sites excluding steroid dienone is 2. The summed E-state index contributed by atoms with van der Waals surface area (Å²) in [6, 6.07) is 10.2. The average Bonchev–Trinajstić information content (AvgIpc) is 3.33. The summed E-state index contributed by atoms with van der Waals surface area (Å²) in [5.41, 5.74) is 0.785. The second-order valence-corrected chi connectivity index (χ2v) is 7.63. The van der Waals surface area contributed by atoms with Crippen molar-refractivity contribution in [2.75, 3.05) is 0 Å². The van der Waals surface area contributed by atoms with Crippen LogP contribution in [0.1, 0.15) is 35.6 Å². The minimum Gasteiger partial charge on any atom is -0.479 e. The Labute approximate surface area is 193 Å². The summed E-state index contributed by atoms with van der Waals surface area (Å²) in [5.74, 6) is 3.40. The molecule has 3 rings (SSSR count). The van der Waals surface area contributed by atoms with E-state index in [-0.39, 0.29) is 12.8 Å². The molecular formula is C24H23F4N3O3. The van der Waals surface area contributed by atoms with E-state index in [1.54, 1.807) is 47.6 Å². The Balaban J connectivity index is 2.05. The first kappa shape index (κ1) is 25.1. The Morgan fingerprint density at radius 1 is 1.21 bits per heavy atom. The number of aromatic nitrogens is 2. The van der Waals surface area contributed by atoms with E-state index < -0.39 is 35.7 Å². The van der Waals surface area contributed by atoms with Crippen molar-refractivity contribution in [3.8, 4) is 0 Å². The zero-order valence-corrected chi connectivity index (χ0v) is 18.0. The van der Waals surface area contributed by atoms with Gasteiger partial charge >= 0.3 is 12.1 Å². The van der Waals surface area contributed by atoms with Gasteiger partial charge in [0.05, 0.1) is 17.9 Å². The normalized spacial score (nSPS) is 14.1. The zero-order chi connectivity index (χ0) is 24.7. The lowest BCUT2D eigenvalue weighted by Gasteiger charge is -2.24. The van der Waals surface area contributed by atoms with E-state index in [9.17, 15) is 22.4 Å². The fourth-order valence-electron chi connectivity index (χ4n) is 3.63. The summed E-state index contributed by atoms with van der Waals surface area (Å²) in [4.78, 5) is 19.8. The first-order chi connectivity index (χ1) is 16.2. The maximum Gasteiger partial charge on any atom is 0.416 e. The van der Waals surface area contributed by atoms with Crippen molar-refractivity contribution < 1.29 is 32.3 Å². The molecule has 0 radical (unpaired) electrons. The molecule has 0 aliphatic rings. The number of carboxylic acids is 1. The average molecular weight is 477 g/mol. The Morgan fingerprint density at radius 3 is 2.53 bits per heavy atom. The molecule has 0 aliphatic carbocycles. The van der Waals surface area contributed by atoms with Gasteiger partial charge in [0.25, 0.3) is 0 Å². The number of halogens is 4. The van der Waals surface area contributed by atoms with Crippen molar-refractivity contribution in [3.05, 3.63) is 95.8 Å². The van der Waals surface area contributed by atoms with Crippen LogP contribution in [0.4, 0.5) is 17.6 Å². The molecule has 34 heavy (non-hydrogen) atoms. The Bertz CT molecular complexity index is 1110. The highest BCUT2D eigenvalue weighted by molar-refractivity contribution is 5.72. The monoisotopic (exact) mass is 477 g/mol. The second-order valence-electron chi connectivity index (χ2n) is 7.63. The number of aliphatic carboxylic acids is 1. The van der Waals surface area contributed by atoms with Crippen molar-refractivity contribution in [1.29, 1.82) is 0 Å². The summed E-state index contributed by atoms with van der Waals surface area (Å²) in [7, 11) is 0. The quantitative estimate of drug-likeness (QED) is 0.316. The first-order valence-corrected chi connectivity index (χ1v) is 10.4. The van der Waals surface area contributed by atoms with Crippen molar-refractivity contribution in [1.82, 2.24) is 9.55 Å². The smallest absolute Gasteiger partial charge is 0.416 e. The third-order valence-corrected chi connectivity index (χ3v) is 5.34. The zero-order valence-electron chi connectivity index (χ0n) is 18.0. The number of alkyl halides is 3. The summed E-state index contributed by atoms with van der Waals surface area (Å²) in [5, 5.41) is 9.16. The van der Waals surface area contributed by atoms with E-state index in [2.05, 4.69) is 9.82 Å². The molecule has 2 aromatic carbocycles. The molecule has 180 valence electrons. The molecule has 10 heteroatoms. The molecule has 0 spiro atoms. The van der Waals surface area contributed by atoms with Crippen LogP contribution in [0.15, 0.2) is 73.3 Å². The Hall–Kier alpha value is -3.50. The summed E-state index contributed by atoms with van der Waals surface area (Å²) in [6.07, 6.45) is 1.16. The molecule has 2 atom stereocenters. The number of nitrogens with zero attached hydrogens (tertiary/aromatic N) is 2. The molecule has 0 bridgehead atoms. The molecule has 2 unspecified atom stereocenters. The van der Waals surface area contributed by atoms with Crippen LogP contribution < -0.4 is 5.90 Å². The van der Waals surface area contributed by atoms with Gasteiger partial charge in [0.1, 0.15) is 5.82 Å². The van der Waals surface area contributed by atoms with Crippen LogP contribution >= 0.6 is 0 Å². The molecular weight excluding hydrogens is 454 g/mol. The standard InChI is InChI=1S/C24H23F4N3O3/c25-19-9-7-16(8-10-19)13-21(31-12-11-30-15-31)20(5-2-6-22(34-29)23(32)33)17-3-1-4-18(14-17)24(26,27)28/h1,3-5,7-12,14-15,21-22H,2,6,13,29H2,(H,32,33)/b20-5+. The van der Waals surface area contributed by atoms with E-state index in [0.29, 0.717) is 17.6 Å². The van der Waals surface area contributed by atoms with Gasteiger partial charge in [-0.1, -0.05) is 30.3 Å². The molecule has 1 heterocycles. The van der Waals surface area contributed by atoms with E-state index in [4.69, 9.17) is 11.0 Å². The Morgan fingerprint density at radius 2 is 1.94 bits per heavy atom. The number of carbonyl (C=O) groups is 1. The van der Waals surface area contributed by atoms with Crippen LogP contribution in [-0.2, 0) is 22.2 Å². The maximum atomic E-state index is 13.4. The lowest BCUT2D eigenvalue weighted by molar-refractivity contribution is -0.151. The Kier molecular flexibility index (Phi) is 8.19. The topological polar surface area (TPSA) is 90.4 Å². The van der Waals surface area contributed by atoms with Gasteiger partial charge in [0, 0.05) is 12.4 Å². The maximum absolute atomic E-state index is 13.4. The summed E-state index contributed by atoms with van der Waals surface area (Å²) < 4.78 is 55.4. The predicted molar refractivity (Wildman–Crippen MR) is 117 cm³/mol. The predicted octanol–water partition coefficient (Wildman–Crippen LogP) is 5.03. The van der Waals surface area contributed by atoms with Gasteiger partial charge < -0.3 is 9.67 Å². The molecule has 0 fully saturated rings. The van der Waals surface area contributed by atoms with Gasteiger partial charge in [0.15, 0.2) is 6.10 Å². The highest BCUT2D eigenvalue weighted by Gasteiger charge is 2.31. The number of rotatable bonds is 10. The molecule has 0 saturated heterocycles. The highest BCUT2D eigenvalue weighted by atomic mass is 19.4. The minimum absolute atomic E-state index is 0.0154. The molecule has 3 aromatic rings. The molecule has 0 amide bonds. The van der Waals surface area contributed by atoms with E-state index in [1.807, 2.05) is 0 Å². The largest absolute Gasteiger partial charge is 0.479 e. The third kappa shape index (κ3) is 6.52. The van der Waals surface area contributed by atoms with Gasteiger partial charge in [-0.2, -0.15) is 13.2 Å². The van der Waals surface area contributed by atoms with Crippen LogP contribution in [0.3, 0.4) is 0 Å². The van der Waals surface area contributed by atoms with Gasteiger partial charge in [-0.25, -0.2) is 20.1 Å². The number of imidazole rings is 1. The van der Waals surface area contributed by atoms with Crippen LogP contribution in [0.5, 0.6) is 0 Å². The van der Waals surface area contributed by atoms with Gasteiger partial charge in [-0.3, -0.25) is 4.84 Å². The van der Waals surface area contributed by atoms with Crippen molar-refractivity contribution in [2.45, 2.75) is 37.6 Å². The highest BCUT2D eigenvalue weighted by Crippen LogP contribution is 2.36. The molecule has 6 nitrogen and oxygen atoms in total. The van der Waals surface area contributed by atoms with E-state index in [0.717, 1.165) is 17.7 Å². The number of hydrogen-bond acceptors (Lipinski definition) is 4. The lowest BCUT2D eigenvalue weighted by atomic mass is 9.90. The fraction of sp³-hybridized carbons (Fsp3) is 0.250. The third-order valence-electron chi connectivity index (χ3n) is 5.34.